The second-order valence-electron chi connectivity index (χ2n) is 6.89. The third kappa shape index (κ3) is 3.79. The van der Waals surface area contributed by atoms with Crippen LogP contribution in [-0.4, -0.2) is 65.0 Å². The molecule has 1 aliphatic carbocycles. The van der Waals surface area contributed by atoms with Gasteiger partial charge in [-0.3, -0.25) is 9.36 Å². The van der Waals surface area contributed by atoms with Crippen LogP contribution in [0.25, 0.3) is 11.2 Å². The van der Waals surface area contributed by atoms with Crippen molar-refractivity contribution in [3.63, 3.8) is 0 Å². The van der Waals surface area contributed by atoms with Crippen LogP contribution >= 0.6 is 11.8 Å². The molecule has 0 unspecified atom stereocenters. The summed E-state index contributed by atoms with van der Waals surface area (Å²) in [6.45, 7) is 1.45. The van der Waals surface area contributed by atoms with Gasteiger partial charge in [0.2, 0.25) is 0 Å². The number of hydrogen-bond donors (Lipinski definition) is 2. The molecule has 2 aliphatic rings. The van der Waals surface area contributed by atoms with Crippen LogP contribution < -0.4 is 4.74 Å². The van der Waals surface area contributed by atoms with E-state index in [0.717, 1.165) is 37.4 Å². The van der Waals surface area contributed by atoms with Crippen molar-refractivity contribution in [3.05, 3.63) is 12.5 Å². The van der Waals surface area contributed by atoms with E-state index in [9.17, 15) is 15.0 Å². The van der Waals surface area contributed by atoms with Crippen LogP contribution in [0.4, 0.5) is 0 Å². The van der Waals surface area contributed by atoms with Crippen molar-refractivity contribution < 1.29 is 24.5 Å². The summed E-state index contributed by atoms with van der Waals surface area (Å²) in [6, 6.07) is 0.271. The molecule has 4 atom stereocenters. The molecule has 3 heterocycles. The molecular formula is C17H22N4O5S. The monoisotopic (exact) mass is 394 g/mol. The van der Waals surface area contributed by atoms with Crippen molar-refractivity contribution in [2.75, 3.05) is 5.75 Å². The average Bonchev–Trinajstić information content (AvgIpc) is 3.35. The first-order valence-electron chi connectivity index (χ1n) is 9.04. The molecule has 10 heteroatoms. The van der Waals surface area contributed by atoms with Gasteiger partial charge < -0.3 is 19.7 Å². The Bertz CT molecular complexity index is 825. The number of carbonyl (C=O) groups excluding carboxylic acids is 1. The second-order valence-corrected chi connectivity index (χ2v) is 8.08. The lowest BCUT2D eigenvalue weighted by atomic mass is 10.1. The van der Waals surface area contributed by atoms with Crippen LogP contribution in [0, 0.1) is 0 Å². The molecule has 0 bridgehead atoms. The van der Waals surface area contributed by atoms with Gasteiger partial charge in [-0.15, -0.1) is 0 Å². The minimum atomic E-state index is -1.16. The molecule has 0 spiro atoms. The highest BCUT2D eigenvalue weighted by Gasteiger charge is 2.44. The number of imidazole rings is 1. The van der Waals surface area contributed by atoms with E-state index in [0.29, 0.717) is 11.2 Å². The van der Waals surface area contributed by atoms with Gasteiger partial charge in [0.25, 0.3) is 0 Å². The van der Waals surface area contributed by atoms with E-state index in [4.69, 9.17) is 9.47 Å². The molecule has 27 heavy (non-hydrogen) atoms. The van der Waals surface area contributed by atoms with E-state index < -0.39 is 24.5 Å². The van der Waals surface area contributed by atoms with Crippen molar-refractivity contribution >= 4 is 28.0 Å². The van der Waals surface area contributed by atoms with Gasteiger partial charge in [-0.05, 0) is 25.7 Å². The van der Waals surface area contributed by atoms with Gasteiger partial charge >= 0.3 is 6.01 Å². The van der Waals surface area contributed by atoms with Gasteiger partial charge in [0.05, 0.1) is 18.6 Å². The molecule has 0 radical (unpaired) electrons. The first kappa shape index (κ1) is 18.6. The molecule has 0 amide bonds. The normalized spacial score (nSPS) is 28.9. The maximum Gasteiger partial charge on any atom is 0.318 e. The number of nitrogens with zero attached hydrogens (tertiary/aromatic N) is 4. The number of aliphatic hydroxyl groups excluding tert-OH is 2. The molecule has 1 saturated carbocycles. The minimum Gasteiger partial charge on any atom is -0.460 e. The fourth-order valence-electron chi connectivity index (χ4n) is 3.51. The van der Waals surface area contributed by atoms with Crippen molar-refractivity contribution in [1.29, 1.82) is 0 Å². The maximum atomic E-state index is 11.2. The topological polar surface area (TPSA) is 120 Å². The standard InChI is InChI=1S/C17H22N4O5S/c1-9(22)27-7-12-13(23)14(24)16(26-12)21-8-19-11-6-18-17(20-15(11)21)25-10-4-2-3-5-10/h6,8,10,12-14,16,23-24H,2-5,7H2,1H3/t12-,13-,14-,16-/m1/s1. The Kier molecular flexibility index (Phi) is 5.31. The first-order valence-corrected chi connectivity index (χ1v) is 10.0. The lowest BCUT2D eigenvalue weighted by Gasteiger charge is -2.17. The van der Waals surface area contributed by atoms with Crippen molar-refractivity contribution in [2.24, 2.45) is 0 Å². The summed E-state index contributed by atoms with van der Waals surface area (Å²) in [5.41, 5.74) is 1.01. The Morgan fingerprint density at radius 1 is 1.33 bits per heavy atom. The zero-order valence-corrected chi connectivity index (χ0v) is 15.7. The highest BCUT2D eigenvalue weighted by Crippen LogP contribution is 2.33. The fourth-order valence-corrected chi connectivity index (χ4v) is 4.18. The molecule has 0 aromatic carbocycles. The number of carbonyl (C=O) groups is 1. The number of fused-ring (bicyclic) bond motifs is 1. The van der Waals surface area contributed by atoms with Gasteiger partial charge in [0, 0.05) is 12.7 Å². The average molecular weight is 394 g/mol. The SMILES string of the molecule is CC(=O)SC[C@H]1O[C@@H](n2cnc3cnc(OC4CCCC4)nc32)[C@H](O)[C@@H]1O. The van der Waals surface area contributed by atoms with E-state index in [1.165, 1.54) is 13.3 Å². The summed E-state index contributed by atoms with van der Waals surface area (Å²) in [5, 5.41) is 20.6. The lowest BCUT2D eigenvalue weighted by Crippen LogP contribution is -2.32. The summed E-state index contributed by atoms with van der Waals surface area (Å²) < 4.78 is 13.2. The molecule has 1 aliphatic heterocycles. The summed E-state index contributed by atoms with van der Waals surface area (Å²) in [4.78, 5) is 24.1. The molecule has 1 saturated heterocycles. The summed E-state index contributed by atoms with van der Waals surface area (Å²) in [6.07, 6.45) is 3.70. The first-order chi connectivity index (χ1) is 13.0. The van der Waals surface area contributed by atoms with Gasteiger partial charge in [-0.1, -0.05) is 11.8 Å². The zero-order chi connectivity index (χ0) is 19.0. The Balaban J connectivity index is 1.56. The molecule has 146 valence electrons. The Morgan fingerprint density at radius 3 is 2.85 bits per heavy atom. The molecule has 2 N–H and O–H groups in total. The number of rotatable bonds is 5. The van der Waals surface area contributed by atoms with Crippen LogP contribution in [0.2, 0.25) is 0 Å². The molecule has 2 aromatic heterocycles. The summed E-state index contributed by atoms with van der Waals surface area (Å²) in [7, 11) is 0. The number of aromatic nitrogens is 4. The number of hydrogen-bond acceptors (Lipinski definition) is 9. The van der Waals surface area contributed by atoms with E-state index >= 15 is 0 Å². The molecule has 2 aromatic rings. The van der Waals surface area contributed by atoms with Gasteiger partial charge in [0.15, 0.2) is 17.0 Å². The van der Waals surface area contributed by atoms with Crippen LogP contribution in [0.1, 0.15) is 38.8 Å². The van der Waals surface area contributed by atoms with Crippen LogP contribution in [-0.2, 0) is 9.53 Å². The predicted molar refractivity (Wildman–Crippen MR) is 97.3 cm³/mol. The summed E-state index contributed by atoms with van der Waals surface area (Å²) >= 11 is 1.05. The quantitative estimate of drug-likeness (QED) is 0.766. The largest absolute Gasteiger partial charge is 0.460 e. The van der Waals surface area contributed by atoms with E-state index in [2.05, 4.69) is 15.0 Å². The molecule has 9 nitrogen and oxygen atoms in total. The molecule has 2 fully saturated rings. The van der Waals surface area contributed by atoms with E-state index in [-0.39, 0.29) is 23.0 Å². The minimum absolute atomic E-state index is 0.0711. The van der Waals surface area contributed by atoms with Crippen molar-refractivity contribution in [3.8, 4) is 6.01 Å². The number of aliphatic hydroxyl groups is 2. The number of ether oxygens (including phenoxy) is 2. The Hall–Kier alpha value is -1.75. The van der Waals surface area contributed by atoms with Gasteiger partial charge in [-0.25, -0.2) is 9.97 Å². The smallest absolute Gasteiger partial charge is 0.318 e. The zero-order valence-electron chi connectivity index (χ0n) is 14.9. The third-order valence-electron chi connectivity index (χ3n) is 4.93. The van der Waals surface area contributed by atoms with Crippen LogP contribution in [0.3, 0.4) is 0 Å². The third-order valence-corrected chi connectivity index (χ3v) is 5.83. The maximum absolute atomic E-state index is 11.2. The van der Waals surface area contributed by atoms with Crippen LogP contribution in [0.5, 0.6) is 6.01 Å². The Labute approximate surface area is 160 Å². The van der Waals surface area contributed by atoms with E-state index in [1.807, 2.05) is 0 Å². The highest BCUT2D eigenvalue weighted by atomic mass is 32.2. The molecule has 4 rings (SSSR count). The van der Waals surface area contributed by atoms with Gasteiger partial charge in [-0.2, -0.15) is 4.98 Å². The van der Waals surface area contributed by atoms with Crippen molar-refractivity contribution in [2.45, 2.75) is 63.3 Å². The number of thioether (sulfide) groups is 1. The molecular weight excluding hydrogens is 372 g/mol. The van der Waals surface area contributed by atoms with Gasteiger partial charge in [0.1, 0.15) is 23.8 Å². The second kappa shape index (κ2) is 7.70. The highest BCUT2D eigenvalue weighted by molar-refractivity contribution is 8.13. The predicted octanol–water partition coefficient (Wildman–Crippen LogP) is 1.05. The van der Waals surface area contributed by atoms with Crippen molar-refractivity contribution in [1.82, 2.24) is 19.5 Å². The Morgan fingerprint density at radius 2 is 2.11 bits per heavy atom. The van der Waals surface area contributed by atoms with Crippen LogP contribution in [0.15, 0.2) is 12.5 Å². The summed E-state index contributed by atoms with van der Waals surface area (Å²) in [5.74, 6) is 0.266. The van der Waals surface area contributed by atoms with E-state index in [1.54, 1.807) is 10.8 Å². The fraction of sp³-hybridized carbons (Fsp3) is 0.647. The lowest BCUT2D eigenvalue weighted by molar-refractivity contribution is -0.109.